The highest BCUT2D eigenvalue weighted by Crippen LogP contribution is 2.48. The molecule has 0 aromatic heterocycles. The van der Waals surface area contributed by atoms with Crippen molar-refractivity contribution in [2.24, 2.45) is 5.41 Å². The molecule has 1 aliphatic heterocycles. The van der Waals surface area contributed by atoms with Crippen LogP contribution in [0.25, 0.3) is 0 Å². The fourth-order valence-electron chi connectivity index (χ4n) is 3.01. The second-order valence-electron chi connectivity index (χ2n) is 6.03. The van der Waals surface area contributed by atoms with Crippen molar-refractivity contribution in [1.82, 2.24) is 4.90 Å². The lowest BCUT2D eigenvalue weighted by atomic mass is 9.84. The second kappa shape index (κ2) is 3.80. The number of rotatable bonds is 2. The van der Waals surface area contributed by atoms with Gasteiger partial charge in [-0.25, -0.2) is 0 Å². The zero-order chi connectivity index (χ0) is 12.8. The van der Waals surface area contributed by atoms with Crippen molar-refractivity contribution in [3.05, 3.63) is 0 Å². The van der Waals surface area contributed by atoms with Gasteiger partial charge >= 0.3 is 0 Å². The molecule has 1 N–H and O–H groups in total. The Kier molecular flexibility index (Phi) is 2.81. The maximum Gasteiger partial charge on any atom is 0.236 e. The zero-order valence-electron chi connectivity index (χ0n) is 10.8. The SMILES string of the molecule is CC(O)C(C)(C)N1C(=O)CC2(CCCC2)C1=O. The van der Waals surface area contributed by atoms with E-state index in [-0.39, 0.29) is 11.8 Å². The third-order valence-electron chi connectivity index (χ3n) is 4.56. The molecule has 0 bridgehead atoms. The first-order valence-electron chi connectivity index (χ1n) is 6.37. The van der Waals surface area contributed by atoms with Crippen LogP contribution in [0.1, 0.15) is 52.9 Å². The molecular weight excluding hydrogens is 218 g/mol. The van der Waals surface area contributed by atoms with Gasteiger partial charge in [0.25, 0.3) is 0 Å². The number of carbonyl (C=O) groups is 2. The van der Waals surface area contributed by atoms with Crippen LogP contribution >= 0.6 is 0 Å². The van der Waals surface area contributed by atoms with Crippen molar-refractivity contribution in [3.63, 3.8) is 0 Å². The van der Waals surface area contributed by atoms with Gasteiger partial charge in [-0.1, -0.05) is 12.8 Å². The summed E-state index contributed by atoms with van der Waals surface area (Å²) >= 11 is 0. The minimum Gasteiger partial charge on any atom is -0.391 e. The van der Waals surface area contributed by atoms with Crippen molar-refractivity contribution < 1.29 is 14.7 Å². The Morgan fingerprint density at radius 3 is 2.29 bits per heavy atom. The molecule has 1 aliphatic carbocycles. The summed E-state index contributed by atoms with van der Waals surface area (Å²) in [7, 11) is 0. The smallest absolute Gasteiger partial charge is 0.236 e. The van der Waals surface area contributed by atoms with E-state index in [1.54, 1.807) is 20.8 Å². The fraction of sp³-hybridized carbons (Fsp3) is 0.846. The summed E-state index contributed by atoms with van der Waals surface area (Å²) in [6, 6.07) is 0. The third-order valence-corrected chi connectivity index (χ3v) is 4.56. The predicted molar refractivity (Wildman–Crippen MR) is 63.1 cm³/mol. The largest absolute Gasteiger partial charge is 0.391 e. The number of likely N-dealkylation sites (tertiary alicyclic amines) is 1. The average molecular weight is 239 g/mol. The van der Waals surface area contributed by atoms with Gasteiger partial charge in [0, 0.05) is 6.42 Å². The van der Waals surface area contributed by atoms with Crippen LogP contribution in [0.2, 0.25) is 0 Å². The lowest BCUT2D eigenvalue weighted by Gasteiger charge is -2.37. The molecule has 2 fully saturated rings. The first-order chi connectivity index (χ1) is 7.81. The van der Waals surface area contributed by atoms with Gasteiger partial charge in [-0.3, -0.25) is 14.5 Å². The van der Waals surface area contributed by atoms with E-state index in [1.165, 1.54) is 4.90 Å². The van der Waals surface area contributed by atoms with E-state index >= 15 is 0 Å². The van der Waals surface area contributed by atoms with Crippen LogP contribution in [0.4, 0.5) is 0 Å². The first-order valence-corrected chi connectivity index (χ1v) is 6.37. The minimum atomic E-state index is -0.805. The summed E-state index contributed by atoms with van der Waals surface area (Å²) in [6.45, 7) is 5.13. The van der Waals surface area contributed by atoms with Gasteiger partial charge < -0.3 is 5.11 Å². The maximum absolute atomic E-state index is 12.5. The van der Waals surface area contributed by atoms with Crippen LogP contribution in [0.5, 0.6) is 0 Å². The van der Waals surface area contributed by atoms with Crippen molar-refractivity contribution >= 4 is 11.8 Å². The highest BCUT2D eigenvalue weighted by molar-refractivity contribution is 6.06. The molecular formula is C13H21NO3. The molecule has 2 aliphatic rings. The molecule has 1 saturated heterocycles. The van der Waals surface area contributed by atoms with Crippen LogP contribution < -0.4 is 0 Å². The molecule has 1 unspecified atom stereocenters. The topological polar surface area (TPSA) is 57.6 Å². The lowest BCUT2D eigenvalue weighted by molar-refractivity contribution is -0.151. The summed E-state index contributed by atoms with van der Waals surface area (Å²) in [6.07, 6.45) is 3.33. The quantitative estimate of drug-likeness (QED) is 0.742. The summed E-state index contributed by atoms with van der Waals surface area (Å²) in [5, 5.41) is 9.76. The number of hydrogen-bond donors (Lipinski definition) is 1. The summed E-state index contributed by atoms with van der Waals surface area (Å²) in [4.78, 5) is 25.9. The fourth-order valence-corrected chi connectivity index (χ4v) is 3.01. The van der Waals surface area contributed by atoms with Gasteiger partial charge in [0.1, 0.15) is 0 Å². The third kappa shape index (κ3) is 1.69. The van der Waals surface area contributed by atoms with E-state index in [2.05, 4.69) is 0 Å². The molecule has 0 aromatic rings. The lowest BCUT2D eigenvalue weighted by Crippen LogP contribution is -2.55. The van der Waals surface area contributed by atoms with Gasteiger partial charge in [-0.2, -0.15) is 0 Å². The number of aliphatic hydroxyl groups is 1. The van der Waals surface area contributed by atoms with Gasteiger partial charge in [0.05, 0.1) is 17.1 Å². The summed E-state index contributed by atoms with van der Waals surface area (Å²) in [5.74, 6) is -0.186. The summed E-state index contributed by atoms with van der Waals surface area (Å²) in [5.41, 5.74) is -1.25. The van der Waals surface area contributed by atoms with E-state index in [0.717, 1.165) is 25.7 Å². The molecule has 96 valence electrons. The Morgan fingerprint density at radius 2 is 1.82 bits per heavy atom. The average Bonchev–Trinajstić information content (AvgIpc) is 2.75. The van der Waals surface area contributed by atoms with Gasteiger partial charge in [0.15, 0.2) is 0 Å². The number of hydrogen-bond acceptors (Lipinski definition) is 3. The van der Waals surface area contributed by atoms with E-state index < -0.39 is 17.1 Å². The number of aliphatic hydroxyl groups excluding tert-OH is 1. The normalized spacial score (nSPS) is 26.0. The molecule has 2 amide bonds. The van der Waals surface area contributed by atoms with E-state index in [1.807, 2.05) is 0 Å². The van der Waals surface area contributed by atoms with Crippen molar-refractivity contribution in [2.75, 3.05) is 0 Å². The van der Waals surface area contributed by atoms with Crippen molar-refractivity contribution in [2.45, 2.75) is 64.5 Å². The standard InChI is InChI=1S/C13H21NO3/c1-9(15)12(2,3)14-10(16)8-13(11(14)17)6-4-5-7-13/h9,15H,4-8H2,1-3H3. The van der Waals surface area contributed by atoms with Crippen LogP contribution in [-0.4, -0.2) is 33.5 Å². The molecule has 0 aromatic carbocycles. The minimum absolute atomic E-state index is 0.0640. The van der Waals surface area contributed by atoms with Crippen LogP contribution in [0.3, 0.4) is 0 Å². The Bertz CT molecular complexity index is 354. The van der Waals surface area contributed by atoms with Gasteiger partial charge in [-0.05, 0) is 33.6 Å². The zero-order valence-corrected chi connectivity index (χ0v) is 10.8. The molecule has 4 heteroatoms. The second-order valence-corrected chi connectivity index (χ2v) is 6.03. The Morgan fingerprint density at radius 1 is 1.29 bits per heavy atom. The molecule has 2 rings (SSSR count). The maximum atomic E-state index is 12.5. The van der Waals surface area contributed by atoms with E-state index in [9.17, 15) is 14.7 Å². The van der Waals surface area contributed by atoms with Crippen LogP contribution in [0.15, 0.2) is 0 Å². The number of imide groups is 1. The monoisotopic (exact) mass is 239 g/mol. The number of carbonyl (C=O) groups excluding carboxylic acids is 2. The molecule has 1 heterocycles. The van der Waals surface area contributed by atoms with Crippen molar-refractivity contribution in [3.8, 4) is 0 Å². The molecule has 0 radical (unpaired) electrons. The van der Waals surface area contributed by atoms with Crippen LogP contribution in [0, 0.1) is 5.41 Å². The number of nitrogens with zero attached hydrogens (tertiary/aromatic N) is 1. The predicted octanol–water partition coefficient (Wildman–Crippen LogP) is 1.47. The number of amides is 2. The molecule has 1 saturated carbocycles. The molecule has 4 nitrogen and oxygen atoms in total. The Balaban J connectivity index is 2.32. The van der Waals surface area contributed by atoms with Crippen LogP contribution in [-0.2, 0) is 9.59 Å². The molecule has 1 spiro atoms. The molecule has 1 atom stereocenters. The first kappa shape index (κ1) is 12.6. The van der Waals surface area contributed by atoms with E-state index in [0.29, 0.717) is 6.42 Å². The highest BCUT2D eigenvalue weighted by Gasteiger charge is 2.56. The highest BCUT2D eigenvalue weighted by atomic mass is 16.3. The van der Waals surface area contributed by atoms with Gasteiger partial charge in [-0.15, -0.1) is 0 Å². The summed E-state index contributed by atoms with van der Waals surface area (Å²) < 4.78 is 0. The Hall–Kier alpha value is -0.900. The van der Waals surface area contributed by atoms with E-state index in [4.69, 9.17) is 0 Å². The molecule has 17 heavy (non-hydrogen) atoms. The van der Waals surface area contributed by atoms with Crippen molar-refractivity contribution in [1.29, 1.82) is 0 Å². The Labute approximate surface area is 102 Å². The van der Waals surface area contributed by atoms with Gasteiger partial charge in [0.2, 0.25) is 11.8 Å².